The SMILES string of the molecule is CCc1ccc(CN2C(=O)CNC(=O)C2C(C)CC)cc1. The second-order valence-corrected chi connectivity index (χ2v) is 5.74. The van der Waals surface area contributed by atoms with Crippen LogP contribution < -0.4 is 5.32 Å². The smallest absolute Gasteiger partial charge is 0.243 e. The van der Waals surface area contributed by atoms with E-state index in [1.54, 1.807) is 4.90 Å². The molecule has 0 aromatic heterocycles. The monoisotopic (exact) mass is 288 g/mol. The third kappa shape index (κ3) is 3.43. The number of piperazine rings is 1. The molecule has 1 aliphatic heterocycles. The van der Waals surface area contributed by atoms with Crippen LogP contribution in [0.4, 0.5) is 0 Å². The Morgan fingerprint density at radius 2 is 1.81 bits per heavy atom. The summed E-state index contributed by atoms with van der Waals surface area (Å²) in [5, 5.41) is 2.70. The molecule has 114 valence electrons. The number of nitrogens with one attached hydrogen (secondary N) is 1. The van der Waals surface area contributed by atoms with E-state index >= 15 is 0 Å². The number of carbonyl (C=O) groups is 2. The summed E-state index contributed by atoms with van der Waals surface area (Å²) in [5.74, 6) is 0.123. The number of aryl methyl sites for hydroxylation is 1. The van der Waals surface area contributed by atoms with Crippen molar-refractivity contribution in [3.8, 4) is 0 Å². The maximum Gasteiger partial charge on any atom is 0.243 e. The van der Waals surface area contributed by atoms with E-state index in [-0.39, 0.29) is 30.3 Å². The lowest BCUT2D eigenvalue weighted by molar-refractivity contribution is -0.148. The molecule has 0 radical (unpaired) electrons. The van der Waals surface area contributed by atoms with Gasteiger partial charge in [-0.05, 0) is 23.5 Å². The van der Waals surface area contributed by atoms with Crippen molar-refractivity contribution in [2.45, 2.75) is 46.2 Å². The Morgan fingerprint density at radius 1 is 1.19 bits per heavy atom. The summed E-state index contributed by atoms with van der Waals surface area (Å²) in [4.78, 5) is 26.1. The van der Waals surface area contributed by atoms with Crippen LogP contribution in [0.1, 0.15) is 38.3 Å². The second-order valence-electron chi connectivity index (χ2n) is 5.74. The van der Waals surface area contributed by atoms with E-state index < -0.39 is 0 Å². The molecule has 1 heterocycles. The second kappa shape index (κ2) is 6.74. The largest absolute Gasteiger partial charge is 0.345 e. The maximum atomic E-state index is 12.2. The van der Waals surface area contributed by atoms with E-state index in [1.807, 2.05) is 26.0 Å². The Bertz CT molecular complexity index is 510. The zero-order valence-electron chi connectivity index (χ0n) is 13.1. The Hall–Kier alpha value is -1.84. The summed E-state index contributed by atoms with van der Waals surface area (Å²) in [7, 11) is 0. The molecule has 1 aliphatic rings. The summed E-state index contributed by atoms with van der Waals surface area (Å²) in [6.07, 6.45) is 1.87. The predicted octanol–water partition coefficient (Wildman–Crippen LogP) is 2.12. The first-order chi connectivity index (χ1) is 10.1. The van der Waals surface area contributed by atoms with Crippen molar-refractivity contribution >= 4 is 11.8 Å². The average molecular weight is 288 g/mol. The van der Waals surface area contributed by atoms with Gasteiger partial charge in [-0.3, -0.25) is 9.59 Å². The van der Waals surface area contributed by atoms with Gasteiger partial charge in [0.1, 0.15) is 6.04 Å². The highest BCUT2D eigenvalue weighted by molar-refractivity contribution is 5.94. The molecule has 1 fully saturated rings. The quantitative estimate of drug-likeness (QED) is 0.902. The highest BCUT2D eigenvalue weighted by Gasteiger charge is 2.37. The first-order valence-corrected chi connectivity index (χ1v) is 7.71. The van der Waals surface area contributed by atoms with Crippen LogP contribution in [-0.4, -0.2) is 29.3 Å². The molecule has 0 bridgehead atoms. The van der Waals surface area contributed by atoms with Crippen molar-refractivity contribution in [2.75, 3.05) is 6.54 Å². The van der Waals surface area contributed by atoms with Crippen LogP contribution in [0, 0.1) is 5.92 Å². The summed E-state index contributed by atoms with van der Waals surface area (Å²) in [6.45, 7) is 6.80. The summed E-state index contributed by atoms with van der Waals surface area (Å²) >= 11 is 0. The number of benzene rings is 1. The molecule has 21 heavy (non-hydrogen) atoms. The number of rotatable bonds is 5. The molecule has 0 aliphatic carbocycles. The molecule has 1 aromatic rings. The Kier molecular flexibility index (Phi) is 4.99. The van der Waals surface area contributed by atoms with E-state index in [9.17, 15) is 9.59 Å². The number of amides is 2. The van der Waals surface area contributed by atoms with Gasteiger partial charge in [0.25, 0.3) is 0 Å². The van der Waals surface area contributed by atoms with Crippen LogP contribution in [0.2, 0.25) is 0 Å². The van der Waals surface area contributed by atoms with Crippen LogP contribution in [0.25, 0.3) is 0 Å². The molecule has 4 nitrogen and oxygen atoms in total. The number of nitrogens with zero attached hydrogens (tertiary/aromatic N) is 1. The van der Waals surface area contributed by atoms with Gasteiger partial charge in [-0.25, -0.2) is 0 Å². The van der Waals surface area contributed by atoms with E-state index in [2.05, 4.69) is 24.4 Å². The topological polar surface area (TPSA) is 49.4 Å². The van der Waals surface area contributed by atoms with E-state index in [1.165, 1.54) is 5.56 Å². The van der Waals surface area contributed by atoms with Crippen molar-refractivity contribution in [3.05, 3.63) is 35.4 Å². The van der Waals surface area contributed by atoms with E-state index in [4.69, 9.17) is 0 Å². The molecule has 4 heteroatoms. The number of hydrogen-bond acceptors (Lipinski definition) is 2. The molecule has 2 rings (SSSR count). The van der Waals surface area contributed by atoms with Crippen LogP contribution in [0.3, 0.4) is 0 Å². The van der Waals surface area contributed by atoms with Crippen molar-refractivity contribution in [3.63, 3.8) is 0 Å². The molecule has 2 amide bonds. The molecule has 0 saturated carbocycles. The summed E-state index contributed by atoms with van der Waals surface area (Å²) < 4.78 is 0. The van der Waals surface area contributed by atoms with Crippen LogP contribution in [0.15, 0.2) is 24.3 Å². The van der Waals surface area contributed by atoms with Crippen molar-refractivity contribution in [1.82, 2.24) is 10.2 Å². The Morgan fingerprint density at radius 3 is 2.38 bits per heavy atom. The van der Waals surface area contributed by atoms with Gasteiger partial charge in [-0.1, -0.05) is 51.5 Å². The molecular weight excluding hydrogens is 264 g/mol. The van der Waals surface area contributed by atoms with Gasteiger partial charge >= 0.3 is 0 Å². The van der Waals surface area contributed by atoms with Gasteiger partial charge in [-0.15, -0.1) is 0 Å². The lowest BCUT2D eigenvalue weighted by Gasteiger charge is -2.38. The van der Waals surface area contributed by atoms with E-state index in [0.717, 1.165) is 18.4 Å². The highest BCUT2D eigenvalue weighted by atomic mass is 16.2. The number of carbonyl (C=O) groups excluding carboxylic acids is 2. The van der Waals surface area contributed by atoms with Gasteiger partial charge in [0, 0.05) is 6.54 Å². The molecule has 0 spiro atoms. The first kappa shape index (κ1) is 15.5. The van der Waals surface area contributed by atoms with Crippen molar-refractivity contribution in [1.29, 1.82) is 0 Å². The van der Waals surface area contributed by atoms with Gasteiger partial charge in [-0.2, -0.15) is 0 Å². The zero-order chi connectivity index (χ0) is 15.4. The van der Waals surface area contributed by atoms with Gasteiger partial charge in [0.05, 0.1) is 6.54 Å². The highest BCUT2D eigenvalue weighted by Crippen LogP contribution is 2.21. The fourth-order valence-corrected chi connectivity index (χ4v) is 2.72. The zero-order valence-corrected chi connectivity index (χ0v) is 13.1. The van der Waals surface area contributed by atoms with Crippen LogP contribution in [0.5, 0.6) is 0 Å². The average Bonchev–Trinajstić information content (AvgIpc) is 2.51. The van der Waals surface area contributed by atoms with Crippen molar-refractivity contribution in [2.24, 2.45) is 5.92 Å². The minimum Gasteiger partial charge on any atom is -0.345 e. The van der Waals surface area contributed by atoms with Crippen molar-refractivity contribution < 1.29 is 9.59 Å². The summed E-state index contributed by atoms with van der Waals surface area (Å²) in [5.41, 5.74) is 2.35. The number of hydrogen-bond donors (Lipinski definition) is 1. The Labute approximate surface area is 126 Å². The fourth-order valence-electron chi connectivity index (χ4n) is 2.72. The summed E-state index contributed by atoms with van der Waals surface area (Å²) in [6, 6.07) is 7.91. The predicted molar refractivity (Wildman–Crippen MR) is 82.6 cm³/mol. The minimum atomic E-state index is -0.359. The minimum absolute atomic E-state index is 0.000493. The van der Waals surface area contributed by atoms with Crippen LogP contribution >= 0.6 is 0 Å². The molecule has 2 atom stereocenters. The normalized spacial score (nSPS) is 20.3. The molecule has 2 unspecified atom stereocenters. The molecule has 1 N–H and O–H groups in total. The lowest BCUT2D eigenvalue weighted by atomic mass is 9.94. The van der Waals surface area contributed by atoms with E-state index in [0.29, 0.717) is 6.54 Å². The Balaban J connectivity index is 2.19. The standard InChI is InChI=1S/C17H24N2O2/c1-4-12(3)16-17(21)18-10-15(20)19(16)11-14-8-6-13(5-2)7-9-14/h6-9,12,16H,4-5,10-11H2,1-3H3,(H,18,21). The van der Waals surface area contributed by atoms with Gasteiger partial charge in [0.2, 0.25) is 11.8 Å². The fraction of sp³-hybridized carbons (Fsp3) is 0.529. The third-order valence-corrected chi connectivity index (χ3v) is 4.31. The van der Waals surface area contributed by atoms with Gasteiger partial charge < -0.3 is 10.2 Å². The molecule has 1 saturated heterocycles. The van der Waals surface area contributed by atoms with Crippen LogP contribution in [-0.2, 0) is 22.6 Å². The molecule has 1 aromatic carbocycles. The third-order valence-electron chi connectivity index (χ3n) is 4.31. The van der Waals surface area contributed by atoms with Gasteiger partial charge in [0.15, 0.2) is 0 Å². The first-order valence-electron chi connectivity index (χ1n) is 7.71. The maximum absolute atomic E-state index is 12.2. The lowest BCUT2D eigenvalue weighted by Crippen LogP contribution is -2.60. The molecular formula is C17H24N2O2.